The Labute approximate surface area is 112 Å². The van der Waals surface area contributed by atoms with Gasteiger partial charge in [-0.3, -0.25) is 0 Å². The number of aromatic nitrogens is 1. The van der Waals surface area contributed by atoms with Crippen LogP contribution in [-0.2, 0) is 0 Å². The van der Waals surface area contributed by atoms with Gasteiger partial charge in [0.2, 0.25) is 0 Å². The van der Waals surface area contributed by atoms with Crippen molar-refractivity contribution in [3.05, 3.63) is 17.5 Å². The Bertz CT molecular complexity index is 475. The van der Waals surface area contributed by atoms with Crippen LogP contribution in [-0.4, -0.2) is 27.6 Å². The fourth-order valence-corrected chi connectivity index (χ4v) is 1.71. The number of nitrogens with one attached hydrogen (secondary N) is 3. The number of hydrogen-bond acceptors (Lipinski definition) is 2. The van der Waals surface area contributed by atoms with E-state index in [2.05, 4.69) is 15.6 Å². The first-order valence-corrected chi connectivity index (χ1v) is 6.33. The van der Waals surface area contributed by atoms with Gasteiger partial charge in [-0.25, -0.2) is 9.59 Å². The Morgan fingerprint density at radius 2 is 1.95 bits per heavy atom. The van der Waals surface area contributed by atoms with Crippen LogP contribution < -0.4 is 10.6 Å². The second-order valence-corrected chi connectivity index (χ2v) is 4.89. The Balaban J connectivity index is 2.80. The van der Waals surface area contributed by atoms with Gasteiger partial charge in [0, 0.05) is 11.2 Å². The quantitative estimate of drug-likeness (QED) is 0.660. The van der Waals surface area contributed by atoms with Crippen LogP contribution in [0.5, 0.6) is 0 Å². The third kappa shape index (κ3) is 3.74. The zero-order valence-electron chi connectivity index (χ0n) is 11.8. The van der Waals surface area contributed by atoms with E-state index in [0.717, 1.165) is 12.8 Å². The van der Waals surface area contributed by atoms with Crippen LogP contribution in [0.1, 0.15) is 49.8 Å². The zero-order valence-corrected chi connectivity index (χ0v) is 11.8. The zero-order chi connectivity index (χ0) is 14.6. The van der Waals surface area contributed by atoms with Crippen LogP contribution >= 0.6 is 0 Å². The molecule has 0 unspecified atom stereocenters. The number of carbonyl (C=O) groups excluding carboxylic acids is 1. The molecule has 0 aliphatic rings. The van der Waals surface area contributed by atoms with Gasteiger partial charge in [0.25, 0.3) is 0 Å². The van der Waals surface area contributed by atoms with Crippen molar-refractivity contribution in [3.8, 4) is 0 Å². The van der Waals surface area contributed by atoms with Crippen LogP contribution in [0, 0.1) is 6.92 Å². The van der Waals surface area contributed by atoms with Gasteiger partial charge in [0.15, 0.2) is 0 Å². The van der Waals surface area contributed by atoms with Gasteiger partial charge in [-0.15, -0.1) is 0 Å². The first-order chi connectivity index (χ1) is 8.81. The smallest absolute Gasteiger partial charge is 0.354 e. The molecule has 1 heterocycles. The molecule has 1 aromatic heterocycles. The van der Waals surface area contributed by atoms with E-state index in [9.17, 15) is 9.59 Å². The molecule has 0 aliphatic carbocycles. The first kappa shape index (κ1) is 15.1. The summed E-state index contributed by atoms with van der Waals surface area (Å²) in [7, 11) is 0. The van der Waals surface area contributed by atoms with E-state index in [0.29, 0.717) is 5.69 Å². The molecule has 0 atom stereocenters. The molecule has 2 amide bonds. The Hall–Kier alpha value is -1.98. The van der Waals surface area contributed by atoms with Gasteiger partial charge >= 0.3 is 12.0 Å². The third-order valence-electron chi connectivity index (χ3n) is 3.39. The van der Waals surface area contributed by atoms with Gasteiger partial charge < -0.3 is 20.7 Å². The summed E-state index contributed by atoms with van der Waals surface area (Å²) in [5.74, 6) is -1.10. The lowest BCUT2D eigenvalue weighted by Gasteiger charge is -2.28. The van der Waals surface area contributed by atoms with Crippen LogP contribution in [0.3, 0.4) is 0 Å². The molecule has 4 N–H and O–H groups in total. The molecule has 1 aromatic rings. The highest BCUT2D eigenvalue weighted by Crippen LogP contribution is 2.18. The number of anilines is 1. The van der Waals surface area contributed by atoms with Crippen LogP contribution in [0.2, 0.25) is 0 Å². The van der Waals surface area contributed by atoms with Gasteiger partial charge in [-0.1, -0.05) is 13.8 Å². The van der Waals surface area contributed by atoms with E-state index >= 15 is 0 Å². The van der Waals surface area contributed by atoms with Crippen molar-refractivity contribution in [2.24, 2.45) is 0 Å². The van der Waals surface area contributed by atoms with Crippen molar-refractivity contribution in [1.29, 1.82) is 0 Å². The second kappa shape index (κ2) is 5.77. The predicted molar refractivity (Wildman–Crippen MR) is 73.6 cm³/mol. The van der Waals surface area contributed by atoms with Gasteiger partial charge in [-0.2, -0.15) is 0 Å². The van der Waals surface area contributed by atoms with Crippen molar-refractivity contribution in [2.75, 3.05) is 5.32 Å². The summed E-state index contributed by atoms with van der Waals surface area (Å²) < 4.78 is 0. The molecule has 6 heteroatoms. The molecule has 19 heavy (non-hydrogen) atoms. The molecular formula is C13H21N3O3. The summed E-state index contributed by atoms with van der Waals surface area (Å²) >= 11 is 0. The molecule has 0 bridgehead atoms. The van der Waals surface area contributed by atoms with Gasteiger partial charge in [0.05, 0.1) is 5.69 Å². The monoisotopic (exact) mass is 267 g/mol. The maximum absolute atomic E-state index is 11.9. The molecule has 1 rings (SSSR count). The highest BCUT2D eigenvalue weighted by atomic mass is 16.4. The molecule has 0 radical (unpaired) electrons. The highest BCUT2D eigenvalue weighted by Gasteiger charge is 2.23. The lowest BCUT2D eigenvalue weighted by Crippen LogP contribution is -2.47. The molecule has 0 fully saturated rings. The third-order valence-corrected chi connectivity index (χ3v) is 3.39. The lowest BCUT2D eigenvalue weighted by molar-refractivity contribution is 0.0692. The van der Waals surface area contributed by atoms with Crippen LogP contribution in [0.4, 0.5) is 10.5 Å². The van der Waals surface area contributed by atoms with Crippen molar-refractivity contribution < 1.29 is 14.7 Å². The Kier molecular flexibility index (Phi) is 4.58. The average Bonchev–Trinajstić information content (AvgIpc) is 2.70. The topological polar surface area (TPSA) is 94.2 Å². The van der Waals surface area contributed by atoms with E-state index in [1.165, 1.54) is 0 Å². The number of carboxylic acid groups (broad SMARTS) is 1. The normalized spacial score (nSPS) is 11.2. The van der Waals surface area contributed by atoms with Crippen LogP contribution in [0.15, 0.2) is 6.07 Å². The Morgan fingerprint density at radius 1 is 1.37 bits per heavy atom. The number of aromatic carboxylic acids is 1. The number of aromatic amines is 1. The van der Waals surface area contributed by atoms with E-state index in [1.54, 1.807) is 13.0 Å². The van der Waals surface area contributed by atoms with Crippen LogP contribution in [0.25, 0.3) is 0 Å². The molecule has 6 nitrogen and oxygen atoms in total. The summed E-state index contributed by atoms with van der Waals surface area (Å²) in [6, 6.07) is 1.20. The molecule has 0 saturated carbocycles. The first-order valence-electron chi connectivity index (χ1n) is 6.33. The number of H-pyrrole nitrogens is 1. The average molecular weight is 267 g/mol. The minimum Gasteiger partial charge on any atom is -0.477 e. The van der Waals surface area contributed by atoms with E-state index < -0.39 is 12.0 Å². The van der Waals surface area contributed by atoms with Gasteiger partial charge in [-0.05, 0) is 32.8 Å². The molecular weight excluding hydrogens is 246 g/mol. The number of rotatable bonds is 5. The summed E-state index contributed by atoms with van der Waals surface area (Å²) in [6.07, 6.45) is 1.60. The maximum atomic E-state index is 11.9. The maximum Gasteiger partial charge on any atom is 0.354 e. The molecule has 0 saturated heterocycles. The SMILES string of the molecule is CCC(C)(CC)NC(=O)Nc1cc(C)[nH]c1C(=O)O. The summed E-state index contributed by atoms with van der Waals surface area (Å²) in [5.41, 5.74) is 0.652. The highest BCUT2D eigenvalue weighted by molar-refractivity contribution is 5.99. The number of aryl methyl sites for hydroxylation is 1. The van der Waals surface area contributed by atoms with E-state index in [-0.39, 0.29) is 16.9 Å². The number of urea groups is 1. The molecule has 0 aliphatic heterocycles. The van der Waals surface area contributed by atoms with Crippen molar-refractivity contribution >= 4 is 17.7 Å². The minimum absolute atomic E-state index is 0.0117. The second-order valence-electron chi connectivity index (χ2n) is 4.89. The summed E-state index contributed by atoms with van der Waals surface area (Å²) in [4.78, 5) is 25.6. The van der Waals surface area contributed by atoms with Crippen molar-refractivity contribution in [2.45, 2.75) is 46.1 Å². The molecule has 106 valence electrons. The van der Waals surface area contributed by atoms with Crippen molar-refractivity contribution in [3.63, 3.8) is 0 Å². The number of amides is 2. The number of carboxylic acids is 1. The Morgan fingerprint density at radius 3 is 2.42 bits per heavy atom. The minimum atomic E-state index is -1.10. The summed E-state index contributed by atoms with van der Waals surface area (Å²) in [5, 5.41) is 14.4. The largest absolute Gasteiger partial charge is 0.477 e. The molecule has 0 spiro atoms. The molecule has 0 aromatic carbocycles. The number of carbonyl (C=O) groups is 2. The number of hydrogen-bond donors (Lipinski definition) is 4. The lowest BCUT2D eigenvalue weighted by atomic mass is 9.96. The van der Waals surface area contributed by atoms with Gasteiger partial charge in [0.1, 0.15) is 5.69 Å². The van der Waals surface area contributed by atoms with Crippen molar-refractivity contribution in [1.82, 2.24) is 10.3 Å². The predicted octanol–water partition coefficient (Wildman–Crippen LogP) is 2.72. The van der Waals surface area contributed by atoms with E-state index in [1.807, 2.05) is 20.8 Å². The fraction of sp³-hybridized carbons (Fsp3) is 0.538. The standard InChI is InChI=1S/C13H21N3O3/c1-5-13(4,6-2)16-12(19)15-9-7-8(3)14-10(9)11(17)18/h7,14H,5-6H2,1-4H3,(H,17,18)(H2,15,16,19). The fourth-order valence-electron chi connectivity index (χ4n) is 1.71. The van der Waals surface area contributed by atoms with E-state index in [4.69, 9.17) is 5.11 Å². The summed E-state index contributed by atoms with van der Waals surface area (Å²) in [6.45, 7) is 7.67.